The number of rotatable bonds is 4. The molecular formula is C7H8ClN5O3. The van der Waals surface area contributed by atoms with Crippen molar-refractivity contribution in [3.8, 4) is 0 Å². The first-order chi connectivity index (χ1) is 7.56. The van der Waals surface area contributed by atoms with Gasteiger partial charge < -0.3 is 10.6 Å². The quantitative estimate of drug-likeness (QED) is 0.445. The Morgan fingerprint density at radius 2 is 2.31 bits per heavy atom. The third kappa shape index (κ3) is 2.76. The molecular weight excluding hydrogens is 238 g/mol. The molecule has 0 fully saturated rings. The zero-order chi connectivity index (χ0) is 12.1. The molecule has 0 bridgehead atoms. The summed E-state index contributed by atoms with van der Waals surface area (Å²) in [6.45, 7) is -0.134. The van der Waals surface area contributed by atoms with E-state index in [0.29, 0.717) is 0 Å². The minimum absolute atomic E-state index is 0.0893. The highest BCUT2D eigenvalue weighted by molar-refractivity contribution is 6.31. The van der Waals surface area contributed by atoms with Crippen molar-refractivity contribution in [2.75, 3.05) is 18.9 Å². The summed E-state index contributed by atoms with van der Waals surface area (Å²) in [6, 6.07) is 0. The Kier molecular flexibility index (Phi) is 3.95. The lowest BCUT2D eigenvalue weighted by Gasteiger charge is -2.04. The Morgan fingerprint density at radius 3 is 2.88 bits per heavy atom. The van der Waals surface area contributed by atoms with Crippen LogP contribution in [0.4, 0.5) is 11.5 Å². The van der Waals surface area contributed by atoms with Crippen LogP contribution in [-0.4, -0.2) is 34.4 Å². The summed E-state index contributed by atoms with van der Waals surface area (Å²) in [7, 11) is 1.45. The Hall–Kier alpha value is -1.96. The van der Waals surface area contributed by atoms with Gasteiger partial charge in [-0.1, -0.05) is 11.6 Å². The molecule has 0 radical (unpaired) electrons. The molecule has 0 spiro atoms. The van der Waals surface area contributed by atoms with Gasteiger partial charge >= 0.3 is 5.69 Å². The van der Waals surface area contributed by atoms with Crippen LogP contribution in [0.2, 0.25) is 5.15 Å². The zero-order valence-corrected chi connectivity index (χ0v) is 8.98. The topological polar surface area (TPSA) is 110 Å². The number of anilines is 1. The molecule has 1 rings (SSSR count). The highest BCUT2D eigenvalue weighted by Gasteiger charge is 2.21. The lowest BCUT2D eigenvalue weighted by molar-refractivity contribution is -0.384. The molecule has 1 heterocycles. The van der Waals surface area contributed by atoms with E-state index in [1.54, 1.807) is 0 Å². The van der Waals surface area contributed by atoms with Crippen LogP contribution in [0.5, 0.6) is 0 Å². The standard InChI is InChI=1S/C7H8ClN5O3/c1-9-4(14)2-10-7-5(13(15)16)6(8)11-3-12-7/h3H,2H2,1H3,(H,9,14)(H,10,11,12). The summed E-state index contributed by atoms with van der Waals surface area (Å²) in [5.74, 6) is -0.419. The predicted molar refractivity (Wildman–Crippen MR) is 56.3 cm³/mol. The van der Waals surface area contributed by atoms with E-state index in [0.717, 1.165) is 6.33 Å². The maximum absolute atomic E-state index is 10.9. The van der Waals surface area contributed by atoms with E-state index in [2.05, 4.69) is 20.6 Å². The van der Waals surface area contributed by atoms with E-state index < -0.39 is 10.6 Å². The number of carbonyl (C=O) groups excluding carboxylic acids is 1. The second-order valence-electron chi connectivity index (χ2n) is 2.65. The summed E-state index contributed by atoms with van der Waals surface area (Å²) in [6.07, 6.45) is 1.07. The predicted octanol–water partition coefficient (Wildman–Crippen LogP) is 0.196. The first kappa shape index (κ1) is 12.1. The van der Waals surface area contributed by atoms with E-state index >= 15 is 0 Å². The highest BCUT2D eigenvalue weighted by Crippen LogP contribution is 2.27. The van der Waals surface area contributed by atoms with E-state index in [-0.39, 0.29) is 23.4 Å². The number of nitrogens with zero attached hydrogens (tertiary/aromatic N) is 3. The molecule has 1 amide bonds. The smallest absolute Gasteiger partial charge is 0.348 e. The Morgan fingerprint density at radius 1 is 1.62 bits per heavy atom. The second-order valence-corrected chi connectivity index (χ2v) is 3.00. The minimum Gasteiger partial charge on any atom is -0.358 e. The van der Waals surface area contributed by atoms with Crippen molar-refractivity contribution >= 4 is 29.0 Å². The molecule has 0 aromatic carbocycles. The molecule has 0 aliphatic carbocycles. The van der Waals surface area contributed by atoms with Crippen molar-refractivity contribution in [3.63, 3.8) is 0 Å². The van der Waals surface area contributed by atoms with Crippen LogP contribution in [0.3, 0.4) is 0 Å². The third-order valence-electron chi connectivity index (χ3n) is 1.66. The number of likely N-dealkylation sites (N-methyl/N-ethyl adjacent to an activating group) is 1. The Labute approximate surface area is 95.2 Å². The van der Waals surface area contributed by atoms with Crippen LogP contribution in [0.15, 0.2) is 6.33 Å². The molecule has 0 unspecified atom stereocenters. The van der Waals surface area contributed by atoms with Gasteiger partial charge in [0.15, 0.2) is 0 Å². The first-order valence-corrected chi connectivity index (χ1v) is 4.53. The molecule has 0 saturated carbocycles. The van der Waals surface area contributed by atoms with Gasteiger partial charge in [0.05, 0.1) is 11.5 Å². The molecule has 0 aliphatic heterocycles. The molecule has 2 N–H and O–H groups in total. The molecule has 0 aliphatic rings. The summed E-state index contributed by atoms with van der Waals surface area (Å²) < 4.78 is 0. The number of carbonyl (C=O) groups is 1. The van der Waals surface area contributed by atoms with Crippen molar-refractivity contribution < 1.29 is 9.72 Å². The summed E-state index contributed by atoms with van der Waals surface area (Å²) in [5.41, 5.74) is -0.451. The molecule has 16 heavy (non-hydrogen) atoms. The average Bonchev–Trinajstić information content (AvgIpc) is 2.25. The number of amides is 1. The second kappa shape index (κ2) is 5.21. The maximum Gasteiger partial charge on any atom is 0.348 e. The first-order valence-electron chi connectivity index (χ1n) is 4.15. The van der Waals surface area contributed by atoms with Crippen molar-refractivity contribution in [1.29, 1.82) is 0 Å². The van der Waals surface area contributed by atoms with Crippen LogP contribution in [0, 0.1) is 10.1 Å². The Balaban J connectivity index is 2.91. The van der Waals surface area contributed by atoms with Gasteiger partial charge in [0.25, 0.3) is 0 Å². The monoisotopic (exact) mass is 245 g/mol. The maximum atomic E-state index is 10.9. The molecule has 0 atom stereocenters. The van der Waals surface area contributed by atoms with Gasteiger partial charge in [0.2, 0.25) is 16.9 Å². The van der Waals surface area contributed by atoms with Gasteiger partial charge in [-0.3, -0.25) is 14.9 Å². The molecule has 0 saturated heterocycles. The normalized spacial score (nSPS) is 9.62. The van der Waals surface area contributed by atoms with Gasteiger partial charge in [0.1, 0.15) is 6.33 Å². The summed E-state index contributed by atoms with van der Waals surface area (Å²) >= 11 is 5.54. The van der Waals surface area contributed by atoms with Crippen LogP contribution in [0.1, 0.15) is 0 Å². The molecule has 1 aromatic heterocycles. The molecule has 1 aromatic rings. The molecule has 86 valence electrons. The van der Waals surface area contributed by atoms with Gasteiger partial charge in [0, 0.05) is 7.05 Å². The van der Waals surface area contributed by atoms with Crippen LogP contribution in [-0.2, 0) is 4.79 Å². The summed E-state index contributed by atoms with van der Waals surface area (Å²) in [5, 5.41) is 15.2. The number of aromatic nitrogens is 2. The van der Waals surface area contributed by atoms with Crippen LogP contribution in [0.25, 0.3) is 0 Å². The van der Waals surface area contributed by atoms with Crippen molar-refractivity contribution in [2.24, 2.45) is 0 Å². The molecule has 9 heteroatoms. The van der Waals surface area contributed by atoms with E-state index in [4.69, 9.17) is 11.6 Å². The largest absolute Gasteiger partial charge is 0.358 e. The third-order valence-corrected chi connectivity index (χ3v) is 1.93. The van der Waals surface area contributed by atoms with Crippen molar-refractivity contribution in [1.82, 2.24) is 15.3 Å². The minimum atomic E-state index is -0.714. The fourth-order valence-electron chi connectivity index (χ4n) is 0.901. The van der Waals surface area contributed by atoms with Gasteiger partial charge in [-0.05, 0) is 0 Å². The fourth-order valence-corrected chi connectivity index (χ4v) is 1.10. The number of nitrogens with one attached hydrogen (secondary N) is 2. The van der Waals surface area contributed by atoms with E-state index in [1.165, 1.54) is 7.05 Å². The Bertz CT molecular complexity index is 424. The highest BCUT2D eigenvalue weighted by atomic mass is 35.5. The van der Waals surface area contributed by atoms with Gasteiger partial charge in [-0.2, -0.15) is 0 Å². The average molecular weight is 246 g/mol. The lowest BCUT2D eigenvalue weighted by atomic mass is 10.4. The van der Waals surface area contributed by atoms with E-state index in [9.17, 15) is 14.9 Å². The van der Waals surface area contributed by atoms with Crippen LogP contribution >= 0.6 is 11.6 Å². The summed E-state index contributed by atoms with van der Waals surface area (Å²) in [4.78, 5) is 28.0. The van der Waals surface area contributed by atoms with Crippen molar-refractivity contribution in [2.45, 2.75) is 0 Å². The van der Waals surface area contributed by atoms with Crippen LogP contribution < -0.4 is 10.6 Å². The number of hydrogen-bond acceptors (Lipinski definition) is 6. The van der Waals surface area contributed by atoms with E-state index in [1.807, 2.05) is 0 Å². The number of hydrogen-bond donors (Lipinski definition) is 2. The van der Waals surface area contributed by atoms with Crippen molar-refractivity contribution in [3.05, 3.63) is 21.6 Å². The lowest BCUT2D eigenvalue weighted by Crippen LogP contribution is -2.26. The fraction of sp³-hybridized carbons (Fsp3) is 0.286. The van der Waals surface area contributed by atoms with Gasteiger partial charge in [-0.25, -0.2) is 9.97 Å². The SMILES string of the molecule is CNC(=O)CNc1ncnc(Cl)c1[N+](=O)[O-]. The zero-order valence-electron chi connectivity index (χ0n) is 8.23. The number of halogens is 1. The van der Waals surface area contributed by atoms with Gasteiger partial charge in [-0.15, -0.1) is 0 Å². The molecule has 8 nitrogen and oxygen atoms in total. The number of nitro groups is 1.